The van der Waals surface area contributed by atoms with Gasteiger partial charge in [0.25, 0.3) is 5.56 Å². The smallest absolute Gasteiger partial charge is 0.329 e. The molecule has 0 aliphatic rings. The maximum Gasteiger partial charge on any atom is 0.329 e. The lowest BCUT2D eigenvalue weighted by atomic mass is 10.3. The zero-order chi connectivity index (χ0) is 15.6. The molecule has 8 heteroatoms. The van der Waals surface area contributed by atoms with Crippen LogP contribution < -0.4 is 16.6 Å². The van der Waals surface area contributed by atoms with Gasteiger partial charge in [-0.25, -0.2) is 4.79 Å². The predicted molar refractivity (Wildman–Crippen MR) is 80.7 cm³/mol. The van der Waals surface area contributed by atoms with Crippen LogP contribution in [-0.4, -0.2) is 36.9 Å². The Morgan fingerprint density at radius 3 is 2.76 bits per heavy atom. The van der Waals surface area contributed by atoms with Gasteiger partial charge in [0, 0.05) is 20.1 Å². The molecule has 0 saturated carbocycles. The summed E-state index contributed by atoms with van der Waals surface area (Å²) in [5, 5.41) is 12.4. The van der Waals surface area contributed by atoms with E-state index in [0.717, 1.165) is 12.8 Å². The number of nitrogens with one attached hydrogen (secondary N) is 2. The molecule has 2 rings (SSSR count). The highest BCUT2D eigenvalue weighted by molar-refractivity contribution is 5.74. The molecule has 0 saturated heterocycles. The minimum atomic E-state index is -0.536. The number of anilines is 1. The van der Waals surface area contributed by atoms with E-state index in [1.54, 1.807) is 18.5 Å². The van der Waals surface area contributed by atoms with E-state index in [1.807, 2.05) is 0 Å². The van der Waals surface area contributed by atoms with Crippen molar-refractivity contribution < 1.29 is 5.11 Å². The number of fused-ring (bicyclic) bond motifs is 1. The average molecular weight is 295 g/mol. The van der Waals surface area contributed by atoms with Gasteiger partial charge in [0.15, 0.2) is 11.2 Å². The third-order valence-electron chi connectivity index (χ3n) is 3.30. The van der Waals surface area contributed by atoms with Crippen LogP contribution in [0.5, 0.6) is 0 Å². The van der Waals surface area contributed by atoms with Gasteiger partial charge >= 0.3 is 5.69 Å². The molecule has 116 valence electrons. The summed E-state index contributed by atoms with van der Waals surface area (Å²) in [4.78, 5) is 30.4. The van der Waals surface area contributed by atoms with E-state index in [-0.39, 0.29) is 0 Å². The molecule has 1 atom stereocenters. The molecule has 0 fully saturated rings. The first-order valence-electron chi connectivity index (χ1n) is 7.07. The summed E-state index contributed by atoms with van der Waals surface area (Å²) in [5.41, 5.74) is -0.219. The summed E-state index contributed by atoms with van der Waals surface area (Å²) in [6.45, 7) is 4.66. The Bertz CT molecular complexity index is 741. The van der Waals surface area contributed by atoms with Gasteiger partial charge in [0.05, 0.1) is 6.10 Å². The topological polar surface area (TPSA) is 105 Å². The number of aryl methyl sites for hydroxylation is 2. The minimum Gasteiger partial charge on any atom is -0.392 e. The van der Waals surface area contributed by atoms with E-state index < -0.39 is 17.4 Å². The maximum atomic E-state index is 12.1. The molecular formula is C13H21N5O3. The second kappa shape index (κ2) is 6.13. The van der Waals surface area contributed by atoms with E-state index >= 15 is 0 Å². The Balaban J connectivity index is 2.61. The molecule has 21 heavy (non-hydrogen) atoms. The number of nitrogens with zero attached hydrogens (tertiary/aromatic N) is 3. The van der Waals surface area contributed by atoms with Crippen LogP contribution in [0, 0.1) is 0 Å². The van der Waals surface area contributed by atoms with Crippen LogP contribution in [0.15, 0.2) is 9.59 Å². The number of aliphatic hydroxyl groups is 1. The van der Waals surface area contributed by atoms with Crippen molar-refractivity contribution in [1.29, 1.82) is 0 Å². The first-order valence-corrected chi connectivity index (χ1v) is 7.07. The Morgan fingerprint density at radius 2 is 2.14 bits per heavy atom. The van der Waals surface area contributed by atoms with Crippen molar-refractivity contribution in [3.8, 4) is 0 Å². The highest BCUT2D eigenvalue weighted by atomic mass is 16.3. The summed E-state index contributed by atoms with van der Waals surface area (Å²) < 4.78 is 3.08. The molecule has 0 aliphatic carbocycles. The van der Waals surface area contributed by atoms with Crippen LogP contribution in [0.2, 0.25) is 0 Å². The maximum absolute atomic E-state index is 12.1. The molecule has 2 heterocycles. The summed E-state index contributed by atoms with van der Waals surface area (Å²) in [7, 11) is 1.57. The van der Waals surface area contributed by atoms with Crippen molar-refractivity contribution in [1.82, 2.24) is 19.1 Å². The average Bonchev–Trinajstić information content (AvgIpc) is 2.79. The number of rotatable bonds is 6. The molecule has 2 aromatic rings. The predicted octanol–water partition coefficient (Wildman–Crippen LogP) is 0.0161. The standard InChI is InChI=1S/C13H21N5O3/c1-4-5-6-18-9-10(15-12(18)14-7-8(2)19)17(3)13(21)16-11(9)20/h8,19H,4-7H2,1-3H3,(H,14,15)(H,16,20,21)/t8-/m1/s1. The van der Waals surface area contributed by atoms with Crippen LogP contribution in [0.25, 0.3) is 11.2 Å². The van der Waals surface area contributed by atoms with E-state index in [0.29, 0.717) is 30.2 Å². The van der Waals surface area contributed by atoms with Gasteiger partial charge in [-0.1, -0.05) is 13.3 Å². The Morgan fingerprint density at radius 1 is 1.43 bits per heavy atom. The molecule has 0 bridgehead atoms. The van der Waals surface area contributed by atoms with Crippen molar-refractivity contribution >= 4 is 17.1 Å². The number of aromatic amines is 1. The van der Waals surface area contributed by atoms with Crippen LogP contribution in [-0.2, 0) is 13.6 Å². The molecule has 0 aromatic carbocycles. The summed E-state index contributed by atoms with van der Waals surface area (Å²) >= 11 is 0. The molecule has 3 N–H and O–H groups in total. The molecule has 0 radical (unpaired) electrons. The molecule has 0 unspecified atom stereocenters. The lowest BCUT2D eigenvalue weighted by Gasteiger charge is -2.10. The number of hydrogen-bond donors (Lipinski definition) is 3. The first-order chi connectivity index (χ1) is 9.95. The summed E-state index contributed by atoms with van der Waals surface area (Å²) in [5.74, 6) is 0.492. The third-order valence-corrected chi connectivity index (χ3v) is 3.30. The monoisotopic (exact) mass is 295 g/mol. The molecule has 0 aliphatic heterocycles. The second-order valence-electron chi connectivity index (χ2n) is 5.16. The zero-order valence-corrected chi connectivity index (χ0v) is 12.5. The summed E-state index contributed by atoms with van der Waals surface area (Å²) in [6, 6.07) is 0. The quantitative estimate of drug-likeness (QED) is 0.696. The third kappa shape index (κ3) is 2.99. The molecule has 8 nitrogen and oxygen atoms in total. The van der Waals surface area contributed by atoms with Crippen molar-refractivity contribution in [2.45, 2.75) is 39.3 Å². The summed E-state index contributed by atoms with van der Waals surface area (Å²) in [6.07, 6.45) is 1.32. The lowest BCUT2D eigenvalue weighted by molar-refractivity contribution is 0.208. The van der Waals surface area contributed by atoms with Crippen LogP contribution in [0.4, 0.5) is 5.95 Å². The number of unbranched alkanes of at least 4 members (excludes halogenated alkanes) is 1. The Kier molecular flexibility index (Phi) is 4.46. The van der Waals surface area contributed by atoms with Crippen LogP contribution >= 0.6 is 0 Å². The van der Waals surface area contributed by atoms with Crippen LogP contribution in [0.1, 0.15) is 26.7 Å². The fraction of sp³-hybridized carbons (Fsp3) is 0.615. The number of hydrogen-bond acceptors (Lipinski definition) is 5. The van der Waals surface area contributed by atoms with Crippen molar-refractivity contribution in [2.24, 2.45) is 7.05 Å². The minimum absolute atomic E-state index is 0.321. The van der Waals surface area contributed by atoms with Gasteiger partial charge < -0.3 is 15.0 Å². The fourth-order valence-corrected chi connectivity index (χ4v) is 2.14. The fourth-order valence-electron chi connectivity index (χ4n) is 2.14. The van der Waals surface area contributed by atoms with Gasteiger partial charge in [0.1, 0.15) is 0 Å². The normalized spacial score (nSPS) is 12.8. The zero-order valence-electron chi connectivity index (χ0n) is 12.5. The van der Waals surface area contributed by atoms with E-state index in [9.17, 15) is 14.7 Å². The number of H-pyrrole nitrogens is 1. The Labute approximate surface area is 121 Å². The molecule has 2 aromatic heterocycles. The van der Waals surface area contributed by atoms with Crippen molar-refractivity contribution in [3.63, 3.8) is 0 Å². The second-order valence-corrected chi connectivity index (χ2v) is 5.16. The van der Waals surface area contributed by atoms with E-state index in [4.69, 9.17) is 0 Å². The number of imidazole rings is 1. The lowest BCUT2D eigenvalue weighted by Crippen LogP contribution is -2.29. The van der Waals surface area contributed by atoms with Gasteiger partial charge in [-0.15, -0.1) is 0 Å². The van der Waals surface area contributed by atoms with E-state index in [1.165, 1.54) is 4.57 Å². The van der Waals surface area contributed by atoms with Gasteiger partial charge in [-0.2, -0.15) is 4.98 Å². The molecule has 0 spiro atoms. The SMILES string of the molecule is CCCCn1c(NC[C@@H](C)O)nc2c1c(=O)[nH]c(=O)n2C. The largest absolute Gasteiger partial charge is 0.392 e. The highest BCUT2D eigenvalue weighted by Crippen LogP contribution is 2.16. The molecule has 0 amide bonds. The number of aromatic nitrogens is 4. The number of aliphatic hydroxyl groups excluding tert-OH is 1. The highest BCUT2D eigenvalue weighted by Gasteiger charge is 2.16. The van der Waals surface area contributed by atoms with Crippen LogP contribution in [0.3, 0.4) is 0 Å². The van der Waals surface area contributed by atoms with Gasteiger partial charge in [-0.05, 0) is 13.3 Å². The van der Waals surface area contributed by atoms with Gasteiger partial charge in [-0.3, -0.25) is 14.3 Å². The van der Waals surface area contributed by atoms with Crippen molar-refractivity contribution in [2.75, 3.05) is 11.9 Å². The Hall–Kier alpha value is -2.09. The molecular weight excluding hydrogens is 274 g/mol. The first kappa shape index (κ1) is 15.3. The van der Waals surface area contributed by atoms with Crippen molar-refractivity contribution in [3.05, 3.63) is 20.8 Å². The van der Waals surface area contributed by atoms with Gasteiger partial charge in [0.2, 0.25) is 5.95 Å². The van der Waals surface area contributed by atoms with E-state index in [2.05, 4.69) is 22.2 Å².